The summed E-state index contributed by atoms with van der Waals surface area (Å²) in [4.78, 5) is 0. The first-order chi connectivity index (χ1) is 9.52. The predicted molar refractivity (Wildman–Crippen MR) is 70.4 cm³/mol. The normalized spacial score (nSPS) is 10.2. The molecule has 20 heavy (non-hydrogen) atoms. The monoisotopic (exact) mass is 278 g/mol. The third kappa shape index (κ3) is 2.69. The van der Waals surface area contributed by atoms with Gasteiger partial charge in [0.05, 0.1) is 12.7 Å². The number of methoxy groups -OCH3 is 1. The third-order valence-corrected chi connectivity index (χ3v) is 2.62. The van der Waals surface area contributed by atoms with Gasteiger partial charge < -0.3 is 15.2 Å². The molecule has 0 amide bonds. The molecule has 0 saturated carbocycles. The van der Waals surface area contributed by atoms with Gasteiger partial charge in [0, 0.05) is 6.07 Å². The Morgan fingerprint density at radius 1 is 1.15 bits per heavy atom. The molecule has 3 N–H and O–H groups in total. The summed E-state index contributed by atoms with van der Waals surface area (Å²) in [5.74, 6) is -2.11. The first-order valence-corrected chi connectivity index (χ1v) is 5.67. The molecular weight excluding hydrogens is 266 g/mol. The standard InChI is InChI=1S/C14H12F2N2O2/c1-19-8-5-6-9(14(17)18)12(7-8)20-11-4-2-3-10(15)13(11)16/h2-7H,1H3,(H3,17,18). The van der Waals surface area contributed by atoms with Gasteiger partial charge in [-0.05, 0) is 24.3 Å². The highest BCUT2D eigenvalue weighted by molar-refractivity contribution is 5.97. The number of benzene rings is 2. The molecule has 0 radical (unpaired) electrons. The van der Waals surface area contributed by atoms with E-state index in [9.17, 15) is 8.78 Å². The Hall–Kier alpha value is -2.63. The second kappa shape index (κ2) is 5.56. The number of hydrogen-bond acceptors (Lipinski definition) is 3. The molecule has 0 saturated heterocycles. The SMILES string of the molecule is COc1ccc(C(=N)N)c(Oc2cccc(F)c2F)c1. The molecule has 2 aromatic rings. The van der Waals surface area contributed by atoms with Crippen LogP contribution in [0, 0.1) is 17.0 Å². The van der Waals surface area contributed by atoms with Crippen LogP contribution in [0.2, 0.25) is 0 Å². The Bertz CT molecular complexity index is 660. The summed E-state index contributed by atoms with van der Waals surface area (Å²) in [6, 6.07) is 8.13. The molecule has 0 atom stereocenters. The summed E-state index contributed by atoms with van der Waals surface area (Å²) in [6.45, 7) is 0. The first-order valence-electron chi connectivity index (χ1n) is 5.67. The Kier molecular flexibility index (Phi) is 3.84. The number of halogens is 2. The van der Waals surface area contributed by atoms with Gasteiger partial charge in [-0.1, -0.05) is 6.07 Å². The lowest BCUT2D eigenvalue weighted by Crippen LogP contribution is -2.12. The zero-order chi connectivity index (χ0) is 14.7. The maximum Gasteiger partial charge on any atom is 0.201 e. The molecular formula is C14H12F2N2O2. The van der Waals surface area contributed by atoms with Crippen LogP contribution in [0.3, 0.4) is 0 Å². The van der Waals surface area contributed by atoms with Crippen LogP contribution in [-0.4, -0.2) is 12.9 Å². The zero-order valence-corrected chi connectivity index (χ0v) is 10.6. The summed E-state index contributed by atoms with van der Waals surface area (Å²) in [6.07, 6.45) is 0. The number of nitrogens with two attached hydrogens (primary N) is 1. The number of hydrogen-bond donors (Lipinski definition) is 2. The summed E-state index contributed by atoms with van der Waals surface area (Å²) in [5, 5.41) is 7.45. The minimum absolute atomic E-state index is 0.112. The van der Waals surface area contributed by atoms with E-state index in [0.717, 1.165) is 6.07 Å². The lowest BCUT2D eigenvalue weighted by atomic mass is 10.1. The molecule has 2 rings (SSSR count). The van der Waals surface area contributed by atoms with Crippen molar-refractivity contribution in [3.8, 4) is 17.2 Å². The van der Waals surface area contributed by atoms with E-state index in [4.69, 9.17) is 20.6 Å². The third-order valence-electron chi connectivity index (χ3n) is 2.62. The number of nitrogens with one attached hydrogen (secondary N) is 1. The molecule has 4 nitrogen and oxygen atoms in total. The minimum atomic E-state index is -1.11. The molecule has 0 aliphatic rings. The van der Waals surface area contributed by atoms with Crippen LogP contribution in [0.1, 0.15) is 5.56 Å². The molecule has 0 unspecified atom stereocenters. The van der Waals surface area contributed by atoms with Crippen molar-refractivity contribution in [2.24, 2.45) is 5.73 Å². The average molecular weight is 278 g/mol. The van der Waals surface area contributed by atoms with E-state index in [-0.39, 0.29) is 22.9 Å². The van der Waals surface area contributed by atoms with Crippen LogP contribution in [0.5, 0.6) is 17.2 Å². The van der Waals surface area contributed by atoms with Crippen molar-refractivity contribution in [1.82, 2.24) is 0 Å². The zero-order valence-electron chi connectivity index (χ0n) is 10.6. The predicted octanol–water partition coefficient (Wildman–Crippen LogP) is 3.05. The summed E-state index contributed by atoms with van der Waals surface area (Å²) < 4.78 is 37.1. The van der Waals surface area contributed by atoms with Crippen LogP contribution in [-0.2, 0) is 0 Å². The van der Waals surface area contributed by atoms with Gasteiger partial charge in [0.1, 0.15) is 17.3 Å². The lowest BCUT2D eigenvalue weighted by molar-refractivity contribution is 0.399. The number of nitrogen functional groups attached to an aromatic ring is 1. The average Bonchev–Trinajstić information content (AvgIpc) is 2.43. The second-order valence-corrected chi connectivity index (χ2v) is 3.93. The molecule has 0 spiro atoms. The highest BCUT2D eigenvalue weighted by Crippen LogP contribution is 2.31. The molecule has 0 aliphatic heterocycles. The topological polar surface area (TPSA) is 68.3 Å². The Labute approximate surface area is 114 Å². The quantitative estimate of drug-likeness (QED) is 0.667. The van der Waals surface area contributed by atoms with Gasteiger partial charge in [-0.3, -0.25) is 5.41 Å². The smallest absolute Gasteiger partial charge is 0.201 e. The lowest BCUT2D eigenvalue weighted by Gasteiger charge is -2.12. The van der Waals surface area contributed by atoms with Gasteiger partial charge in [-0.2, -0.15) is 4.39 Å². The highest BCUT2D eigenvalue weighted by Gasteiger charge is 2.14. The summed E-state index contributed by atoms with van der Waals surface area (Å²) in [7, 11) is 1.45. The minimum Gasteiger partial charge on any atom is -0.497 e. The fraction of sp³-hybridized carbons (Fsp3) is 0.0714. The van der Waals surface area contributed by atoms with Crippen LogP contribution in [0.15, 0.2) is 36.4 Å². The second-order valence-electron chi connectivity index (χ2n) is 3.93. The van der Waals surface area contributed by atoms with Crippen molar-refractivity contribution >= 4 is 5.84 Å². The van der Waals surface area contributed by atoms with Crippen LogP contribution in [0.4, 0.5) is 8.78 Å². The van der Waals surface area contributed by atoms with Crippen LogP contribution >= 0.6 is 0 Å². The Morgan fingerprint density at radius 3 is 2.55 bits per heavy atom. The van der Waals surface area contributed by atoms with Gasteiger partial charge >= 0.3 is 0 Å². The van der Waals surface area contributed by atoms with Crippen molar-refractivity contribution in [3.05, 3.63) is 53.6 Å². The molecule has 0 heterocycles. The van der Waals surface area contributed by atoms with Gasteiger partial charge in [-0.25, -0.2) is 4.39 Å². The van der Waals surface area contributed by atoms with Gasteiger partial charge in [-0.15, -0.1) is 0 Å². The number of ether oxygens (including phenoxy) is 2. The van der Waals surface area contributed by atoms with Crippen molar-refractivity contribution < 1.29 is 18.3 Å². The molecule has 0 fully saturated rings. The molecule has 6 heteroatoms. The van der Waals surface area contributed by atoms with E-state index in [1.807, 2.05) is 0 Å². The van der Waals surface area contributed by atoms with Crippen molar-refractivity contribution in [1.29, 1.82) is 5.41 Å². The van der Waals surface area contributed by atoms with Gasteiger partial charge in [0.25, 0.3) is 0 Å². The molecule has 0 aliphatic carbocycles. The Balaban J connectivity index is 2.46. The highest BCUT2D eigenvalue weighted by atomic mass is 19.2. The van der Waals surface area contributed by atoms with Crippen molar-refractivity contribution in [3.63, 3.8) is 0 Å². The largest absolute Gasteiger partial charge is 0.497 e. The van der Waals surface area contributed by atoms with E-state index in [2.05, 4.69) is 0 Å². The molecule has 104 valence electrons. The van der Waals surface area contributed by atoms with Crippen LogP contribution in [0.25, 0.3) is 0 Å². The number of rotatable bonds is 4. The van der Waals surface area contributed by atoms with E-state index >= 15 is 0 Å². The molecule has 2 aromatic carbocycles. The fourth-order valence-electron chi connectivity index (χ4n) is 1.62. The van der Waals surface area contributed by atoms with E-state index in [1.54, 1.807) is 6.07 Å². The number of amidine groups is 1. The molecule has 0 aromatic heterocycles. The summed E-state index contributed by atoms with van der Waals surface area (Å²) >= 11 is 0. The Morgan fingerprint density at radius 2 is 1.90 bits per heavy atom. The molecule has 0 bridgehead atoms. The van der Waals surface area contributed by atoms with E-state index in [1.165, 1.54) is 31.4 Å². The van der Waals surface area contributed by atoms with Gasteiger partial charge in [0.2, 0.25) is 5.82 Å². The van der Waals surface area contributed by atoms with Crippen molar-refractivity contribution in [2.45, 2.75) is 0 Å². The van der Waals surface area contributed by atoms with Crippen LogP contribution < -0.4 is 15.2 Å². The van der Waals surface area contributed by atoms with Crippen molar-refractivity contribution in [2.75, 3.05) is 7.11 Å². The fourth-order valence-corrected chi connectivity index (χ4v) is 1.62. The van der Waals surface area contributed by atoms with E-state index < -0.39 is 11.6 Å². The van der Waals surface area contributed by atoms with Gasteiger partial charge in [0.15, 0.2) is 11.6 Å². The van der Waals surface area contributed by atoms with E-state index in [0.29, 0.717) is 5.75 Å². The maximum absolute atomic E-state index is 13.6. The first kappa shape index (κ1) is 13.8. The maximum atomic E-state index is 13.6. The summed E-state index contributed by atoms with van der Waals surface area (Å²) in [5.41, 5.74) is 5.68.